The van der Waals surface area contributed by atoms with Crippen molar-refractivity contribution < 1.29 is 25.8 Å². The summed E-state index contributed by atoms with van der Waals surface area (Å²) in [6.07, 6.45) is 1.93. The van der Waals surface area contributed by atoms with Gasteiger partial charge in [0, 0.05) is 45.7 Å². The van der Waals surface area contributed by atoms with Gasteiger partial charge in [0.2, 0.25) is 0 Å². The first kappa shape index (κ1) is 55.5. The van der Waals surface area contributed by atoms with E-state index in [0.717, 1.165) is 61.5 Å². The predicted molar refractivity (Wildman–Crippen MR) is 326 cm³/mol. The minimum Gasteiger partial charge on any atom is -0.509 e. The van der Waals surface area contributed by atoms with Gasteiger partial charge in [0.15, 0.2) is 0 Å². The van der Waals surface area contributed by atoms with E-state index in [9.17, 15) is 0 Å². The molecular weight excluding hydrogens is 1130 g/mol. The van der Waals surface area contributed by atoms with Gasteiger partial charge in [-0.1, -0.05) is 198 Å². The average molecular weight is 1200 g/mol. The summed E-state index contributed by atoms with van der Waals surface area (Å²) >= 11 is 0. The van der Waals surface area contributed by atoms with Crippen molar-refractivity contribution in [2.75, 3.05) is 9.80 Å². The fraction of sp³-hybridized carbons (Fsp3) is 0.236. The Morgan fingerprint density at radius 1 is 0.500 bits per heavy atom. The Morgan fingerprint density at radius 2 is 1.15 bits per heavy atom. The van der Waals surface area contributed by atoms with Gasteiger partial charge in [0.05, 0.1) is 0 Å². The second-order valence-corrected chi connectivity index (χ2v) is 23.9. The summed E-state index contributed by atoms with van der Waals surface area (Å²) in [5, 5.41) is 2.20. The molecule has 0 bridgehead atoms. The van der Waals surface area contributed by atoms with E-state index in [1.54, 1.807) is 0 Å². The first-order valence-corrected chi connectivity index (χ1v) is 27.0. The third-order valence-electron chi connectivity index (χ3n) is 15.5. The quantitative estimate of drug-likeness (QED) is 0.121. The molecule has 5 nitrogen and oxygen atoms in total. The molecule has 396 valence electrons. The topological polar surface area (TPSA) is 33.5 Å². The van der Waals surface area contributed by atoms with Gasteiger partial charge < -0.3 is 26.5 Å². The first-order chi connectivity index (χ1) is 36.3. The molecule has 0 unspecified atom stereocenters. The summed E-state index contributed by atoms with van der Waals surface area (Å²) in [7, 11) is 0. The summed E-state index contributed by atoms with van der Waals surface area (Å²) in [4.78, 5) is 9.66. The number of fused-ring (bicyclic) bond motifs is 4. The molecule has 1 aliphatic heterocycles. The minimum absolute atomic E-state index is 0. The van der Waals surface area contributed by atoms with Gasteiger partial charge in [-0.15, -0.1) is 53.6 Å². The standard InChI is InChI=1S/C71H69N4O.CH3.Pt/c1-46(2)59-27-20-28-60(47(3)4)68(59)50-37-56(74-45-73(64-34-30-52(41-66(64)74)69(5,6)7)55-26-19-25-54(40-55)71(11,12)51-23-17-14-18-24-51)43-58(38-50)76-57-31-32-61-62-39-49(48-21-15-13-16-22-48)29-33-63(62)75(65(61)44-57)67-42-53(35-36-72-67)70(8,9)10;;/h13-42,45-47H,1-12H3;1H3;/q-3;-1;+4. The third kappa shape index (κ3) is 10.5. The molecule has 10 aromatic rings. The van der Waals surface area contributed by atoms with Crippen molar-refractivity contribution in [1.82, 2.24) is 9.55 Å². The molecule has 0 saturated carbocycles. The molecule has 8 aromatic carbocycles. The molecule has 0 radical (unpaired) electrons. The van der Waals surface area contributed by atoms with Crippen molar-refractivity contribution in [3.05, 3.63) is 242 Å². The number of aromatic nitrogens is 2. The van der Waals surface area contributed by atoms with Crippen molar-refractivity contribution in [3.63, 3.8) is 0 Å². The molecule has 3 heterocycles. The largest absolute Gasteiger partial charge is 4.00 e. The van der Waals surface area contributed by atoms with E-state index in [4.69, 9.17) is 9.72 Å². The van der Waals surface area contributed by atoms with Gasteiger partial charge >= 0.3 is 21.1 Å². The summed E-state index contributed by atoms with van der Waals surface area (Å²) in [6, 6.07) is 71.6. The van der Waals surface area contributed by atoms with Crippen LogP contribution in [0.3, 0.4) is 0 Å². The SMILES string of the molecule is CC(C)c1cccc(C(C)C)c1-c1cc(Oc2[c-]c3c(cc2)c2cc(-c4ccccc4)ccc2n3-c2cc(C(C)(C)C)ccn2)[c-]c(N2[CH-]N(c3cccc(C(C)(C)c4ccccc4)c3)c3ccc(C(C)(C)C)cc32)c1.[CH3-].[Pt+4]. The smallest absolute Gasteiger partial charge is 0.509 e. The van der Waals surface area contributed by atoms with E-state index < -0.39 is 0 Å². The Bertz CT molecular complexity index is 3760. The Balaban J connectivity index is 0.00000370. The van der Waals surface area contributed by atoms with Gasteiger partial charge in [-0.25, -0.2) is 4.98 Å². The van der Waals surface area contributed by atoms with E-state index in [1.807, 2.05) is 6.20 Å². The van der Waals surface area contributed by atoms with Gasteiger partial charge in [-0.2, -0.15) is 6.07 Å². The predicted octanol–water partition coefficient (Wildman–Crippen LogP) is 19.9. The number of pyridine rings is 1. The molecule has 0 N–H and O–H groups in total. The van der Waals surface area contributed by atoms with E-state index >= 15 is 0 Å². The maximum Gasteiger partial charge on any atom is 4.00 e. The summed E-state index contributed by atoms with van der Waals surface area (Å²) in [6.45, 7) is 29.6. The second-order valence-electron chi connectivity index (χ2n) is 23.9. The zero-order chi connectivity index (χ0) is 53.3. The number of benzene rings is 8. The van der Waals surface area contributed by atoms with E-state index in [0.29, 0.717) is 11.5 Å². The van der Waals surface area contributed by atoms with Crippen molar-refractivity contribution in [2.45, 2.75) is 111 Å². The maximum atomic E-state index is 7.18. The Morgan fingerprint density at radius 3 is 1.83 bits per heavy atom. The molecule has 6 heteroatoms. The second kappa shape index (κ2) is 21.6. The molecule has 0 atom stereocenters. The zero-order valence-electron chi connectivity index (χ0n) is 47.6. The van der Waals surface area contributed by atoms with Crippen LogP contribution in [-0.4, -0.2) is 9.55 Å². The maximum absolute atomic E-state index is 7.18. The molecule has 2 aromatic heterocycles. The van der Waals surface area contributed by atoms with Crippen LogP contribution in [0.25, 0.3) is 49.9 Å². The molecule has 0 spiro atoms. The summed E-state index contributed by atoms with van der Waals surface area (Å²) < 4.78 is 9.43. The zero-order valence-corrected chi connectivity index (χ0v) is 49.8. The number of anilines is 4. The Kier molecular flexibility index (Phi) is 15.4. The first-order valence-electron chi connectivity index (χ1n) is 27.0. The van der Waals surface area contributed by atoms with Gasteiger partial charge in [0.25, 0.3) is 0 Å². The minimum atomic E-state index is -0.214. The van der Waals surface area contributed by atoms with Crippen molar-refractivity contribution in [2.24, 2.45) is 0 Å². The summed E-state index contributed by atoms with van der Waals surface area (Å²) in [5.41, 5.74) is 17.9. The molecule has 0 aliphatic carbocycles. The van der Waals surface area contributed by atoms with E-state index in [-0.39, 0.29) is 56.6 Å². The van der Waals surface area contributed by atoms with Gasteiger partial charge in [-0.05, 0) is 121 Å². The number of ether oxygens (including phenoxy) is 1. The molecular formula is C72H72N4OPt. The van der Waals surface area contributed by atoms with E-state index in [2.05, 4.69) is 292 Å². The summed E-state index contributed by atoms with van der Waals surface area (Å²) in [5.74, 6) is 2.60. The van der Waals surface area contributed by atoms with Crippen LogP contribution in [-0.2, 0) is 37.3 Å². The Labute approximate surface area is 479 Å². The van der Waals surface area contributed by atoms with Crippen molar-refractivity contribution in [1.29, 1.82) is 0 Å². The van der Waals surface area contributed by atoms with Gasteiger partial charge in [-0.3, -0.25) is 0 Å². The van der Waals surface area contributed by atoms with Crippen LogP contribution in [0, 0.1) is 26.2 Å². The van der Waals surface area contributed by atoms with E-state index in [1.165, 1.54) is 44.5 Å². The van der Waals surface area contributed by atoms with Crippen LogP contribution in [0.15, 0.2) is 182 Å². The normalized spacial score (nSPS) is 12.8. The van der Waals surface area contributed by atoms with Crippen LogP contribution in [0.2, 0.25) is 0 Å². The molecule has 0 amide bonds. The Hall–Kier alpha value is -7.20. The molecule has 78 heavy (non-hydrogen) atoms. The average Bonchev–Trinajstić information content (AvgIpc) is 3.97. The number of nitrogens with zero attached hydrogens (tertiary/aromatic N) is 4. The van der Waals surface area contributed by atoms with Crippen LogP contribution in [0.4, 0.5) is 22.7 Å². The number of rotatable bonds is 11. The number of hydrogen-bond acceptors (Lipinski definition) is 4. The fourth-order valence-corrected chi connectivity index (χ4v) is 11.0. The molecule has 0 fully saturated rings. The fourth-order valence-electron chi connectivity index (χ4n) is 11.0. The van der Waals surface area contributed by atoms with Crippen molar-refractivity contribution >= 4 is 44.6 Å². The van der Waals surface area contributed by atoms with Crippen molar-refractivity contribution in [3.8, 4) is 39.6 Å². The molecule has 11 rings (SSSR count). The van der Waals surface area contributed by atoms with Gasteiger partial charge in [0.1, 0.15) is 5.82 Å². The molecule has 0 saturated heterocycles. The van der Waals surface area contributed by atoms with Crippen LogP contribution in [0.5, 0.6) is 11.5 Å². The van der Waals surface area contributed by atoms with Crippen LogP contribution in [0.1, 0.15) is 128 Å². The molecule has 1 aliphatic rings. The van der Waals surface area contributed by atoms with Crippen LogP contribution >= 0.6 is 0 Å². The van der Waals surface area contributed by atoms with Crippen LogP contribution < -0.4 is 14.5 Å². The third-order valence-corrected chi connectivity index (χ3v) is 15.5. The monoisotopic (exact) mass is 1200 g/mol. The number of hydrogen-bond donors (Lipinski definition) is 0.